The van der Waals surface area contributed by atoms with E-state index in [4.69, 9.17) is 0 Å². The van der Waals surface area contributed by atoms with Gasteiger partial charge in [0.15, 0.2) is 5.41 Å². The van der Waals surface area contributed by atoms with E-state index in [1.165, 1.54) is 0 Å². The van der Waals surface area contributed by atoms with E-state index in [9.17, 15) is 19.8 Å². The highest BCUT2D eigenvalue weighted by atomic mass is 16.4. The number of carboxylic acids is 2. The van der Waals surface area contributed by atoms with Crippen molar-refractivity contribution in [2.45, 2.75) is 40.0 Å². The van der Waals surface area contributed by atoms with Gasteiger partial charge in [-0.15, -0.1) is 0 Å². The second-order valence-electron chi connectivity index (χ2n) is 5.03. The van der Waals surface area contributed by atoms with Crippen LogP contribution in [0.5, 0.6) is 0 Å². The molecule has 0 radical (unpaired) electrons. The summed E-state index contributed by atoms with van der Waals surface area (Å²) in [6, 6.07) is 0. The van der Waals surface area contributed by atoms with Crippen LogP contribution in [0.25, 0.3) is 0 Å². The fourth-order valence-corrected chi connectivity index (χ4v) is 2.63. The monoisotopic (exact) mass is 214 g/mol. The molecule has 0 saturated heterocycles. The fraction of sp³-hybridized carbons (Fsp3) is 0.818. The van der Waals surface area contributed by atoms with Crippen molar-refractivity contribution in [3.8, 4) is 0 Å². The lowest BCUT2D eigenvalue weighted by molar-refractivity contribution is -0.182. The lowest BCUT2D eigenvalue weighted by Gasteiger charge is -2.48. The smallest absolute Gasteiger partial charge is 0.321 e. The maximum atomic E-state index is 11.3. The highest BCUT2D eigenvalue weighted by molar-refractivity contribution is 5.99. The molecule has 0 aromatic carbocycles. The Morgan fingerprint density at radius 1 is 1.20 bits per heavy atom. The minimum atomic E-state index is -1.62. The first-order valence-corrected chi connectivity index (χ1v) is 5.23. The lowest BCUT2D eigenvalue weighted by atomic mass is 9.53. The van der Waals surface area contributed by atoms with Gasteiger partial charge in [0.25, 0.3) is 0 Å². The van der Waals surface area contributed by atoms with Gasteiger partial charge in [-0.2, -0.15) is 0 Å². The first-order chi connectivity index (χ1) is 6.76. The number of carbonyl (C=O) groups is 2. The fourth-order valence-electron chi connectivity index (χ4n) is 2.63. The van der Waals surface area contributed by atoms with E-state index in [1.54, 1.807) is 13.8 Å². The van der Waals surface area contributed by atoms with Crippen molar-refractivity contribution in [1.29, 1.82) is 0 Å². The maximum absolute atomic E-state index is 11.3. The molecule has 0 aliphatic heterocycles. The predicted molar refractivity (Wildman–Crippen MR) is 54.5 cm³/mol. The molecule has 1 unspecified atom stereocenters. The van der Waals surface area contributed by atoms with Crippen LogP contribution < -0.4 is 0 Å². The zero-order valence-electron chi connectivity index (χ0n) is 9.41. The molecule has 1 rings (SSSR count). The standard InChI is InChI=1S/C11H18O4/c1-7-5-4-6-11(8(12)13,9(14)15)10(7,2)3/h7H,4-6H2,1-3H3,(H,12,13)(H,14,15). The van der Waals surface area contributed by atoms with Crippen LogP contribution in [0.15, 0.2) is 0 Å². The molecule has 1 saturated carbocycles. The first-order valence-electron chi connectivity index (χ1n) is 5.23. The minimum absolute atomic E-state index is 0.110. The van der Waals surface area contributed by atoms with Crippen LogP contribution in [0, 0.1) is 16.7 Å². The summed E-state index contributed by atoms with van der Waals surface area (Å²) in [6.45, 7) is 5.43. The molecule has 0 heterocycles. The van der Waals surface area contributed by atoms with Crippen LogP contribution in [0.4, 0.5) is 0 Å². The second-order valence-corrected chi connectivity index (χ2v) is 5.03. The van der Waals surface area contributed by atoms with Crippen LogP contribution in [0.3, 0.4) is 0 Å². The zero-order valence-corrected chi connectivity index (χ0v) is 9.41. The van der Waals surface area contributed by atoms with Crippen LogP contribution in [-0.2, 0) is 9.59 Å². The second kappa shape index (κ2) is 3.51. The van der Waals surface area contributed by atoms with E-state index >= 15 is 0 Å². The third kappa shape index (κ3) is 1.43. The summed E-state index contributed by atoms with van der Waals surface area (Å²) in [6.07, 6.45) is 1.80. The molecule has 0 amide bonds. The van der Waals surface area contributed by atoms with Gasteiger partial charge in [-0.05, 0) is 17.8 Å². The van der Waals surface area contributed by atoms with E-state index < -0.39 is 22.8 Å². The first kappa shape index (κ1) is 12.0. The van der Waals surface area contributed by atoms with Crippen molar-refractivity contribution in [3.63, 3.8) is 0 Å². The molecule has 0 aromatic rings. The quantitative estimate of drug-likeness (QED) is 0.689. The average Bonchev–Trinajstić information content (AvgIpc) is 2.08. The van der Waals surface area contributed by atoms with Crippen molar-refractivity contribution in [3.05, 3.63) is 0 Å². The molecule has 4 nitrogen and oxygen atoms in total. The molecule has 1 atom stereocenters. The summed E-state index contributed by atoms with van der Waals surface area (Å²) < 4.78 is 0. The van der Waals surface area contributed by atoms with Gasteiger partial charge >= 0.3 is 11.9 Å². The van der Waals surface area contributed by atoms with Crippen LogP contribution in [0.2, 0.25) is 0 Å². The topological polar surface area (TPSA) is 74.6 Å². The Kier molecular flexibility index (Phi) is 2.81. The van der Waals surface area contributed by atoms with Crippen molar-refractivity contribution >= 4 is 11.9 Å². The maximum Gasteiger partial charge on any atom is 0.321 e. The van der Waals surface area contributed by atoms with Gasteiger partial charge in [-0.3, -0.25) is 9.59 Å². The summed E-state index contributed by atoms with van der Waals surface area (Å²) in [4.78, 5) is 22.6. The minimum Gasteiger partial charge on any atom is -0.480 e. The Balaban J connectivity index is 3.27. The highest BCUT2D eigenvalue weighted by Gasteiger charge is 2.60. The normalized spacial score (nSPS) is 28.3. The highest BCUT2D eigenvalue weighted by Crippen LogP contribution is 2.53. The summed E-state index contributed by atoms with van der Waals surface area (Å²) in [5.41, 5.74) is -2.33. The summed E-state index contributed by atoms with van der Waals surface area (Å²) in [7, 11) is 0. The van der Waals surface area contributed by atoms with Crippen molar-refractivity contribution in [1.82, 2.24) is 0 Å². The molecule has 2 N–H and O–H groups in total. The lowest BCUT2D eigenvalue weighted by Crippen LogP contribution is -2.55. The molecule has 0 bridgehead atoms. The van der Waals surface area contributed by atoms with Crippen molar-refractivity contribution in [2.75, 3.05) is 0 Å². The Bertz CT molecular complexity index is 279. The Hall–Kier alpha value is -1.06. The molecule has 0 aromatic heterocycles. The van der Waals surface area contributed by atoms with Crippen molar-refractivity contribution < 1.29 is 19.8 Å². The van der Waals surface area contributed by atoms with E-state index in [-0.39, 0.29) is 12.3 Å². The Morgan fingerprint density at radius 3 is 2.00 bits per heavy atom. The van der Waals surface area contributed by atoms with Gasteiger partial charge in [0.05, 0.1) is 0 Å². The van der Waals surface area contributed by atoms with Gasteiger partial charge in [0, 0.05) is 0 Å². The third-order valence-corrected chi connectivity index (χ3v) is 4.25. The third-order valence-electron chi connectivity index (χ3n) is 4.25. The number of hydrogen-bond acceptors (Lipinski definition) is 2. The van der Waals surface area contributed by atoms with E-state index in [0.29, 0.717) is 6.42 Å². The molecule has 86 valence electrons. The van der Waals surface area contributed by atoms with Gasteiger partial charge in [0.2, 0.25) is 0 Å². The van der Waals surface area contributed by atoms with E-state index in [2.05, 4.69) is 0 Å². The van der Waals surface area contributed by atoms with Gasteiger partial charge in [-0.1, -0.05) is 33.6 Å². The molecular weight excluding hydrogens is 196 g/mol. The number of hydrogen-bond donors (Lipinski definition) is 2. The summed E-state index contributed by atoms with van der Waals surface area (Å²) in [5, 5.41) is 18.5. The number of rotatable bonds is 2. The van der Waals surface area contributed by atoms with Crippen LogP contribution in [0.1, 0.15) is 40.0 Å². The predicted octanol–water partition coefficient (Wildman–Crippen LogP) is 1.99. The number of carboxylic acid groups (broad SMARTS) is 2. The SMILES string of the molecule is CC1CCCC(C(=O)O)(C(=O)O)C1(C)C. The number of aliphatic carboxylic acids is 2. The Labute approximate surface area is 89.3 Å². The molecule has 1 fully saturated rings. The molecular formula is C11H18O4. The van der Waals surface area contributed by atoms with E-state index in [0.717, 1.165) is 6.42 Å². The average molecular weight is 214 g/mol. The largest absolute Gasteiger partial charge is 0.480 e. The van der Waals surface area contributed by atoms with Gasteiger partial charge < -0.3 is 10.2 Å². The molecule has 4 heteroatoms. The molecule has 1 aliphatic rings. The molecule has 0 spiro atoms. The van der Waals surface area contributed by atoms with E-state index in [1.807, 2.05) is 6.92 Å². The molecule has 15 heavy (non-hydrogen) atoms. The molecule has 1 aliphatic carbocycles. The Morgan fingerprint density at radius 2 is 1.67 bits per heavy atom. The van der Waals surface area contributed by atoms with Crippen LogP contribution in [-0.4, -0.2) is 22.2 Å². The zero-order chi connectivity index (χ0) is 11.9. The van der Waals surface area contributed by atoms with Crippen LogP contribution >= 0.6 is 0 Å². The van der Waals surface area contributed by atoms with Gasteiger partial charge in [-0.25, -0.2) is 0 Å². The summed E-state index contributed by atoms with van der Waals surface area (Å²) >= 11 is 0. The summed E-state index contributed by atoms with van der Waals surface area (Å²) in [5.74, 6) is -2.29. The van der Waals surface area contributed by atoms with Gasteiger partial charge in [0.1, 0.15) is 0 Å². The van der Waals surface area contributed by atoms with Crippen molar-refractivity contribution in [2.24, 2.45) is 16.7 Å².